The van der Waals surface area contributed by atoms with E-state index in [9.17, 15) is 19.2 Å². The van der Waals surface area contributed by atoms with Gasteiger partial charge in [0, 0.05) is 85.4 Å². The van der Waals surface area contributed by atoms with Crippen molar-refractivity contribution in [2.24, 2.45) is 0 Å². The van der Waals surface area contributed by atoms with Crippen molar-refractivity contribution in [3.63, 3.8) is 0 Å². The van der Waals surface area contributed by atoms with Crippen LogP contribution in [0.4, 0.5) is 11.4 Å². The third-order valence-electron chi connectivity index (χ3n) is 12.1. The molecule has 8 rings (SSSR count). The second kappa shape index (κ2) is 27.6. The number of nitrogens with zero attached hydrogens (tertiary/aromatic N) is 3. The number of benzene rings is 6. The van der Waals surface area contributed by atoms with Crippen LogP contribution in [0.2, 0.25) is 0 Å². The largest absolute Gasteiger partial charge is 0.493 e. The summed E-state index contributed by atoms with van der Waals surface area (Å²) in [5.74, 6) is 1.17. The Morgan fingerprint density at radius 1 is 0.595 bits per heavy atom. The van der Waals surface area contributed by atoms with Crippen LogP contribution in [0.25, 0.3) is 0 Å². The van der Waals surface area contributed by atoms with E-state index < -0.39 is 0 Å². The van der Waals surface area contributed by atoms with Crippen molar-refractivity contribution in [1.29, 1.82) is 10.5 Å². The molecule has 380 valence electrons. The van der Waals surface area contributed by atoms with Crippen molar-refractivity contribution >= 4 is 35.0 Å². The number of anilines is 2. The minimum atomic E-state index is -0.256. The van der Waals surface area contributed by atoms with Crippen LogP contribution in [-0.4, -0.2) is 76.6 Å². The molecule has 6 aromatic rings. The van der Waals surface area contributed by atoms with Gasteiger partial charge in [0.25, 0.3) is 23.6 Å². The van der Waals surface area contributed by atoms with E-state index in [2.05, 4.69) is 56.3 Å². The summed E-state index contributed by atoms with van der Waals surface area (Å²) in [6, 6.07) is 40.3. The number of hydrogen-bond acceptors (Lipinski definition) is 12. The molecule has 0 aliphatic carbocycles. The van der Waals surface area contributed by atoms with Crippen LogP contribution >= 0.6 is 0 Å². The maximum atomic E-state index is 13.0. The Kier molecular flexibility index (Phi) is 20.3. The molecule has 0 saturated heterocycles. The lowest BCUT2D eigenvalue weighted by molar-refractivity contribution is 0.0942. The number of nitrogens with one attached hydrogen (secondary N) is 5. The molecular weight excluding hydrogens is 937 g/mol. The summed E-state index contributed by atoms with van der Waals surface area (Å²) < 4.78 is 21.0. The van der Waals surface area contributed by atoms with Gasteiger partial charge in [-0.25, -0.2) is 0 Å². The van der Waals surface area contributed by atoms with E-state index in [0.29, 0.717) is 58.2 Å². The predicted molar refractivity (Wildman–Crippen MR) is 284 cm³/mol. The minimum absolute atomic E-state index is 0.188. The zero-order valence-corrected chi connectivity index (χ0v) is 42.0. The molecule has 0 bridgehead atoms. The Bertz CT molecular complexity index is 3050. The molecule has 4 amide bonds. The van der Waals surface area contributed by atoms with Crippen LogP contribution < -0.4 is 45.5 Å². The van der Waals surface area contributed by atoms with Gasteiger partial charge in [0.2, 0.25) is 0 Å². The van der Waals surface area contributed by atoms with Gasteiger partial charge in [-0.3, -0.25) is 24.1 Å². The Balaban J connectivity index is 0.000000226. The zero-order chi connectivity index (χ0) is 52.8. The Morgan fingerprint density at radius 2 is 1.08 bits per heavy atom. The van der Waals surface area contributed by atoms with Crippen LogP contribution in [0.1, 0.15) is 81.2 Å². The highest BCUT2D eigenvalue weighted by Gasteiger charge is 2.18. The van der Waals surface area contributed by atoms with Crippen LogP contribution in [0.3, 0.4) is 0 Å². The summed E-state index contributed by atoms with van der Waals surface area (Å²) in [5, 5.41) is 31.4. The fourth-order valence-corrected chi connectivity index (χ4v) is 8.23. The number of carbonyl (C=O) groups is 4. The molecule has 0 radical (unpaired) electrons. The molecule has 0 saturated carbocycles. The number of hydrogen-bond donors (Lipinski definition) is 5. The molecule has 0 aromatic heterocycles. The lowest BCUT2D eigenvalue weighted by Crippen LogP contribution is -2.31. The molecule has 16 heteroatoms. The normalized spacial score (nSPS) is 12.1. The molecule has 16 nitrogen and oxygen atoms in total. The SMILES string of the molecule is C=CC#N.COc1ccc(C(=O)NCc2cccc(C(=O)Nc3ccc4c(c3)CN(CCC#N)CC4)c2)cc1OC.COc1ccc(C(=O)NCc2cccc(C(=O)Nc3ccc4c(c3)CNCC4)c2)cc1OC. The summed E-state index contributed by atoms with van der Waals surface area (Å²) in [7, 11) is 6.13. The lowest BCUT2D eigenvalue weighted by Gasteiger charge is -2.28. The smallest absolute Gasteiger partial charge is 0.255 e. The Morgan fingerprint density at radius 3 is 1.57 bits per heavy atom. The number of nitriles is 2. The van der Waals surface area contributed by atoms with Crippen molar-refractivity contribution in [3.05, 3.63) is 190 Å². The molecule has 74 heavy (non-hydrogen) atoms. The summed E-state index contributed by atoms with van der Waals surface area (Å²) in [4.78, 5) is 53.2. The standard InChI is InChI=1S/C29H30N4O4.C26H27N3O4.C3H3N/c1-36-26-10-8-23(17-27(26)37-2)28(34)31-18-20-5-3-6-22(15-20)29(35)32-25-9-7-21-11-14-33(13-4-12-30)19-24(21)16-25;1-32-23-9-7-20(14-24(23)33-2)25(30)28-15-17-4-3-5-19(12-17)26(31)29-22-8-6-18-10-11-27-16-21(18)13-22;1-2-3-4/h3,5-10,15-17H,4,11,13-14,18-19H2,1-2H3,(H,31,34)(H,32,35);3-9,12-14,27H,10-11,15-16H2,1-2H3,(H,28,30)(H,29,31);2H,1H2. The Labute approximate surface area is 431 Å². The maximum Gasteiger partial charge on any atom is 0.255 e. The summed E-state index contributed by atoms with van der Waals surface area (Å²) in [5.41, 5.74) is 10.1. The molecule has 2 aliphatic rings. The van der Waals surface area contributed by atoms with Crippen molar-refractivity contribution in [3.8, 4) is 35.1 Å². The van der Waals surface area contributed by atoms with Gasteiger partial charge in [0.1, 0.15) is 0 Å². The first-order chi connectivity index (χ1) is 36.0. The molecular formula is C58H60N8O8. The number of ether oxygens (including phenoxy) is 4. The zero-order valence-electron chi connectivity index (χ0n) is 42.0. The van der Waals surface area contributed by atoms with Crippen LogP contribution in [0.15, 0.2) is 134 Å². The quantitative estimate of drug-likeness (QED) is 0.0578. The molecule has 0 fully saturated rings. The Hall–Kier alpha value is -8.96. The second-order valence-corrected chi connectivity index (χ2v) is 17.0. The van der Waals surface area contributed by atoms with Gasteiger partial charge in [-0.1, -0.05) is 43.0 Å². The molecule has 2 heterocycles. The fourth-order valence-electron chi connectivity index (χ4n) is 8.23. The van der Waals surface area contributed by atoms with E-state index in [1.54, 1.807) is 87.0 Å². The van der Waals surface area contributed by atoms with Gasteiger partial charge in [0.05, 0.1) is 40.6 Å². The molecule has 0 unspecified atom stereocenters. The molecule has 2 aliphatic heterocycles. The van der Waals surface area contributed by atoms with Gasteiger partial charge in [-0.05, 0) is 138 Å². The van der Waals surface area contributed by atoms with Crippen molar-refractivity contribution in [2.45, 2.75) is 45.4 Å². The number of allylic oxidation sites excluding steroid dienone is 1. The fraction of sp³-hybridized carbons (Fsp3) is 0.241. The topological polar surface area (TPSA) is 216 Å². The molecule has 0 spiro atoms. The van der Waals surface area contributed by atoms with Crippen LogP contribution in [0, 0.1) is 22.7 Å². The molecule has 5 N–H and O–H groups in total. The second-order valence-electron chi connectivity index (χ2n) is 17.0. The molecule has 6 aromatic carbocycles. The number of methoxy groups -OCH3 is 4. The summed E-state index contributed by atoms with van der Waals surface area (Å²) >= 11 is 0. The van der Waals surface area contributed by atoms with Crippen LogP contribution in [0.5, 0.6) is 23.0 Å². The highest BCUT2D eigenvalue weighted by Crippen LogP contribution is 2.29. The summed E-state index contributed by atoms with van der Waals surface area (Å²) in [6.07, 6.45) is 3.63. The summed E-state index contributed by atoms with van der Waals surface area (Å²) in [6.45, 7) is 7.94. The first kappa shape index (κ1) is 54.4. The minimum Gasteiger partial charge on any atom is -0.493 e. The first-order valence-corrected chi connectivity index (χ1v) is 23.8. The van der Waals surface area contributed by atoms with E-state index >= 15 is 0 Å². The highest BCUT2D eigenvalue weighted by molar-refractivity contribution is 6.05. The van der Waals surface area contributed by atoms with Gasteiger partial charge >= 0.3 is 0 Å². The van der Waals surface area contributed by atoms with E-state index in [1.165, 1.54) is 42.5 Å². The number of fused-ring (bicyclic) bond motifs is 2. The van der Waals surface area contributed by atoms with E-state index in [4.69, 9.17) is 29.5 Å². The number of amides is 4. The van der Waals surface area contributed by atoms with E-state index in [0.717, 1.165) is 68.1 Å². The van der Waals surface area contributed by atoms with Crippen molar-refractivity contribution in [1.82, 2.24) is 20.9 Å². The monoisotopic (exact) mass is 996 g/mol. The van der Waals surface area contributed by atoms with Gasteiger partial charge in [-0.2, -0.15) is 10.5 Å². The van der Waals surface area contributed by atoms with Gasteiger partial charge < -0.3 is 45.5 Å². The average molecular weight is 997 g/mol. The average Bonchev–Trinajstić information content (AvgIpc) is 3.45. The number of rotatable bonds is 16. The predicted octanol–water partition coefficient (Wildman–Crippen LogP) is 8.39. The number of carbonyl (C=O) groups excluding carboxylic acids is 4. The van der Waals surface area contributed by atoms with Crippen molar-refractivity contribution in [2.75, 3.05) is 58.7 Å². The van der Waals surface area contributed by atoms with E-state index in [-0.39, 0.29) is 30.2 Å². The van der Waals surface area contributed by atoms with Gasteiger partial charge in [-0.15, -0.1) is 0 Å². The first-order valence-electron chi connectivity index (χ1n) is 23.8. The van der Waals surface area contributed by atoms with Crippen LogP contribution in [-0.2, 0) is 39.0 Å². The van der Waals surface area contributed by atoms with E-state index in [1.807, 2.05) is 42.5 Å². The lowest BCUT2D eigenvalue weighted by atomic mass is 9.99. The maximum absolute atomic E-state index is 13.0. The van der Waals surface area contributed by atoms with Gasteiger partial charge in [0.15, 0.2) is 23.0 Å². The third kappa shape index (κ3) is 15.3. The highest BCUT2D eigenvalue weighted by atomic mass is 16.5. The third-order valence-corrected chi connectivity index (χ3v) is 12.1. The van der Waals surface area contributed by atoms with Crippen molar-refractivity contribution < 1.29 is 38.1 Å². The molecule has 0 atom stereocenters.